The average molecular weight is 422 g/mol. The molecule has 1 saturated heterocycles. The summed E-state index contributed by atoms with van der Waals surface area (Å²) in [5, 5.41) is 0. The van der Waals surface area contributed by atoms with Crippen LogP contribution < -0.4 is 4.74 Å². The highest BCUT2D eigenvalue weighted by Gasteiger charge is 2.20. The normalized spacial score (nSPS) is 21.9. The molecule has 30 heavy (non-hydrogen) atoms. The second-order valence-electron chi connectivity index (χ2n) is 8.90. The molecule has 0 bridgehead atoms. The van der Waals surface area contributed by atoms with E-state index in [9.17, 15) is 0 Å². The number of hydrogen-bond donors (Lipinski definition) is 0. The van der Waals surface area contributed by atoms with E-state index in [4.69, 9.17) is 4.74 Å². The summed E-state index contributed by atoms with van der Waals surface area (Å²) in [5.41, 5.74) is 4.53. The van der Waals surface area contributed by atoms with Crippen LogP contribution in [0.3, 0.4) is 0 Å². The van der Waals surface area contributed by atoms with Crippen LogP contribution in [0.25, 0.3) is 0 Å². The van der Waals surface area contributed by atoms with Crippen molar-refractivity contribution in [2.75, 3.05) is 32.5 Å². The lowest BCUT2D eigenvalue weighted by atomic mass is 9.90. The lowest BCUT2D eigenvalue weighted by molar-refractivity contribution is 0.186. The van der Waals surface area contributed by atoms with E-state index in [-0.39, 0.29) is 0 Å². The van der Waals surface area contributed by atoms with Crippen LogP contribution in [0, 0.1) is 11.8 Å². The summed E-state index contributed by atoms with van der Waals surface area (Å²) in [4.78, 5) is 4.09. The number of methoxy groups -OCH3 is 1. The van der Waals surface area contributed by atoms with Crippen molar-refractivity contribution in [3.05, 3.63) is 71.3 Å². The van der Waals surface area contributed by atoms with E-state index >= 15 is 0 Å². The maximum atomic E-state index is 5.45. The highest BCUT2D eigenvalue weighted by molar-refractivity contribution is 7.99. The summed E-state index contributed by atoms with van der Waals surface area (Å²) in [6.45, 7) is 6.10. The Bertz CT molecular complexity index is 839. The van der Waals surface area contributed by atoms with Gasteiger partial charge in [-0.05, 0) is 86.4 Å². The molecule has 0 aromatic heterocycles. The predicted molar refractivity (Wildman–Crippen MR) is 129 cm³/mol. The van der Waals surface area contributed by atoms with E-state index in [1.165, 1.54) is 67.1 Å². The highest BCUT2D eigenvalue weighted by atomic mass is 32.2. The third-order valence-corrected chi connectivity index (χ3v) is 8.09. The quantitative estimate of drug-likeness (QED) is 0.512. The third-order valence-electron chi connectivity index (χ3n) is 6.71. The van der Waals surface area contributed by atoms with Gasteiger partial charge >= 0.3 is 0 Å². The molecule has 1 fully saturated rings. The first kappa shape index (κ1) is 21.5. The molecule has 2 aliphatic heterocycles. The topological polar surface area (TPSA) is 12.5 Å². The molecule has 0 radical (unpaired) electrons. The standard InChI is InChI=1S/C27H35NOS/c1-21-20-30-27-11-10-26(29-2)19-25(27)18-24(21)9-6-14-28-15-12-23(13-16-28)17-22-7-4-3-5-8-22/h3-5,7-11,19,21,23H,6,12-18,20H2,1-2H3/b24-9+/t21-/m0/s1. The third kappa shape index (κ3) is 5.70. The maximum Gasteiger partial charge on any atom is 0.119 e. The largest absolute Gasteiger partial charge is 0.497 e. The van der Waals surface area contributed by atoms with Crippen LogP contribution in [0.2, 0.25) is 0 Å². The van der Waals surface area contributed by atoms with Crippen molar-refractivity contribution in [3.8, 4) is 5.75 Å². The van der Waals surface area contributed by atoms with Gasteiger partial charge in [-0.3, -0.25) is 0 Å². The Morgan fingerprint density at radius 3 is 2.67 bits per heavy atom. The minimum Gasteiger partial charge on any atom is -0.497 e. The Kier molecular flexibility index (Phi) is 7.57. The van der Waals surface area contributed by atoms with E-state index in [1.807, 2.05) is 11.8 Å². The highest BCUT2D eigenvalue weighted by Crippen LogP contribution is 2.36. The lowest BCUT2D eigenvalue weighted by Gasteiger charge is -2.32. The van der Waals surface area contributed by atoms with Crippen molar-refractivity contribution < 1.29 is 4.74 Å². The van der Waals surface area contributed by atoms with Gasteiger partial charge in [0.15, 0.2) is 0 Å². The summed E-state index contributed by atoms with van der Waals surface area (Å²) in [7, 11) is 1.76. The molecule has 4 rings (SSSR count). The molecule has 2 heterocycles. The van der Waals surface area contributed by atoms with Gasteiger partial charge in [0, 0.05) is 17.2 Å². The molecule has 0 saturated carbocycles. The molecule has 1 atom stereocenters. The van der Waals surface area contributed by atoms with Crippen LogP contribution in [-0.2, 0) is 12.8 Å². The molecule has 2 aliphatic rings. The van der Waals surface area contributed by atoms with Crippen LogP contribution in [0.1, 0.15) is 37.3 Å². The predicted octanol–water partition coefficient (Wildman–Crippen LogP) is 6.25. The number of fused-ring (bicyclic) bond motifs is 1. The van der Waals surface area contributed by atoms with Gasteiger partial charge in [0.25, 0.3) is 0 Å². The molecular formula is C27H35NOS. The first-order valence-corrected chi connectivity index (χ1v) is 12.4. The number of thioether (sulfide) groups is 1. The van der Waals surface area contributed by atoms with Gasteiger partial charge in [-0.15, -0.1) is 11.8 Å². The first-order chi connectivity index (χ1) is 14.7. The van der Waals surface area contributed by atoms with Gasteiger partial charge in [-0.25, -0.2) is 0 Å². The van der Waals surface area contributed by atoms with Gasteiger partial charge in [0.05, 0.1) is 7.11 Å². The van der Waals surface area contributed by atoms with Crippen LogP contribution >= 0.6 is 11.8 Å². The first-order valence-electron chi connectivity index (χ1n) is 11.5. The van der Waals surface area contributed by atoms with E-state index in [0.717, 1.165) is 18.1 Å². The zero-order valence-corrected chi connectivity index (χ0v) is 19.3. The fourth-order valence-corrected chi connectivity index (χ4v) is 5.87. The summed E-state index contributed by atoms with van der Waals surface area (Å²) in [6, 6.07) is 17.5. The number of likely N-dealkylation sites (tertiary alicyclic amines) is 1. The zero-order valence-electron chi connectivity index (χ0n) is 18.5. The van der Waals surface area contributed by atoms with Crippen molar-refractivity contribution in [3.63, 3.8) is 0 Å². The van der Waals surface area contributed by atoms with Crippen molar-refractivity contribution >= 4 is 11.8 Å². The molecule has 2 aromatic carbocycles. The monoisotopic (exact) mass is 421 g/mol. The van der Waals surface area contributed by atoms with E-state index < -0.39 is 0 Å². The van der Waals surface area contributed by atoms with Gasteiger partial charge in [-0.1, -0.05) is 48.9 Å². The Labute approximate surface area is 186 Å². The molecule has 0 spiro atoms. The van der Waals surface area contributed by atoms with Crippen molar-refractivity contribution in [2.45, 2.75) is 43.9 Å². The molecule has 0 amide bonds. The molecule has 2 aromatic rings. The molecule has 2 nitrogen and oxygen atoms in total. The maximum absolute atomic E-state index is 5.45. The number of nitrogens with zero attached hydrogens (tertiary/aromatic N) is 1. The van der Waals surface area contributed by atoms with Crippen LogP contribution in [0.5, 0.6) is 5.75 Å². The number of hydrogen-bond acceptors (Lipinski definition) is 3. The van der Waals surface area contributed by atoms with Gasteiger partial charge in [-0.2, -0.15) is 0 Å². The number of ether oxygens (including phenoxy) is 1. The number of allylic oxidation sites excluding steroid dienone is 1. The molecule has 160 valence electrons. The summed E-state index contributed by atoms with van der Waals surface area (Å²) < 4.78 is 5.45. The molecule has 0 aliphatic carbocycles. The van der Waals surface area contributed by atoms with Gasteiger partial charge in [0.2, 0.25) is 0 Å². The Morgan fingerprint density at radius 1 is 1.10 bits per heavy atom. The van der Waals surface area contributed by atoms with Crippen molar-refractivity contribution in [2.24, 2.45) is 11.8 Å². The molecule has 0 unspecified atom stereocenters. The zero-order chi connectivity index (χ0) is 20.8. The summed E-state index contributed by atoms with van der Waals surface area (Å²) in [5.74, 6) is 3.65. The number of benzene rings is 2. The fourth-order valence-electron chi connectivity index (χ4n) is 4.75. The second-order valence-corrected chi connectivity index (χ2v) is 9.97. The lowest BCUT2D eigenvalue weighted by Crippen LogP contribution is -2.34. The van der Waals surface area contributed by atoms with Gasteiger partial charge < -0.3 is 9.64 Å². The number of rotatable bonds is 6. The van der Waals surface area contributed by atoms with Crippen LogP contribution in [0.4, 0.5) is 0 Å². The summed E-state index contributed by atoms with van der Waals surface area (Å²) in [6.07, 6.45) is 8.71. The fraction of sp³-hybridized carbons (Fsp3) is 0.481. The second kappa shape index (κ2) is 10.5. The van der Waals surface area contributed by atoms with Crippen molar-refractivity contribution in [1.82, 2.24) is 4.90 Å². The van der Waals surface area contributed by atoms with Gasteiger partial charge in [0.1, 0.15) is 5.75 Å². The molecule has 3 heteroatoms. The van der Waals surface area contributed by atoms with E-state index in [2.05, 4.69) is 66.4 Å². The smallest absolute Gasteiger partial charge is 0.119 e. The Hall–Kier alpha value is -1.71. The average Bonchev–Trinajstić information content (AvgIpc) is 2.94. The SMILES string of the molecule is COc1ccc2c(c1)C/C(=C\CCN1CCC(Cc3ccccc3)CC1)[C@@H](C)CS2. The summed E-state index contributed by atoms with van der Waals surface area (Å²) >= 11 is 2.00. The van der Waals surface area contributed by atoms with Crippen LogP contribution in [0.15, 0.2) is 65.1 Å². The Balaban J connectivity index is 1.27. The van der Waals surface area contributed by atoms with E-state index in [0.29, 0.717) is 5.92 Å². The van der Waals surface area contributed by atoms with Crippen LogP contribution in [-0.4, -0.2) is 37.4 Å². The molecular weight excluding hydrogens is 386 g/mol. The van der Waals surface area contributed by atoms with Crippen molar-refractivity contribution in [1.29, 1.82) is 0 Å². The van der Waals surface area contributed by atoms with E-state index in [1.54, 1.807) is 12.7 Å². The molecule has 0 N–H and O–H groups in total. The Morgan fingerprint density at radius 2 is 1.90 bits per heavy atom. The minimum absolute atomic E-state index is 0.644. The minimum atomic E-state index is 0.644. The number of piperidine rings is 1.